The van der Waals surface area contributed by atoms with Gasteiger partial charge in [0.1, 0.15) is 5.60 Å². The Bertz CT molecular complexity index is 771. The summed E-state index contributed by atoms with van der Waals surface area (Å²) in [7, 11) is 0. The van der Waals surface area contributed by atoms with Crippen LogP contribution in [0.4, 0.5) is 0 Å². The van der Waals surface area contributed by atoms with Gasteiger partial charge < -0.3 is 15.1 Å². The summed E-state index contributed by atoms with van der Waals surface area (Å²) in [6, 6.07) is 7.46. The lowest BCUT2D eigenvalue weighted by atomic mass is 9.68. The first-order valence-electron chi connectivity index (χ1n) is 9.06. The van der Waals surface area contributed by atoms with Gasteiger partial charge in [-0.1, -0.05) is 35.5 Å². The average Bonchev–Trinajstić information content (AvgIpc) is 3.01. The largest absolute Gasteiger partial charge is 0.389 e. The predicted octanol–water partition coefficient (Wildman–Crippen LogP) is 2.92. The lowest BCUT2D eigenvalue weighted by molar-refractivity contribution is -0.157. The van der Waals surface area contributed by atoms with Crippen LogP contribution >= 0.6 is 11.6 Å². The summed E-state index contributed by atoms with van der Waals surface area (Å²) in [5, 5.41) is 7.38. The van der Waals surface area contributed by atoms with Crippen LogP contribution in [0.3, 0.4) is 0 Å². The van der Waals surface area contributed by atoms with E-state index in [1.54, 1.807) is 11.0 Å². The topological polar surface area (TPSA) is 71.0 Å². The number of rotatable bonds is 7. The fourth-order valence-electron chi connectivity index (χ4n) is 3.70. The summed E-state index contributed by atoms with van der Waals surface area (Å²) in [4.78, 5) is 31.8. The Morgan fingerprint density at radius 3 is 2.89 bits per heavy atom. The number of benzene rings is 1. The van der Waals surface area contributed by atoms with Crippen molar-refractivity contribution < 1.29 is 14.4 Å². The van der Waals surface area contributed by atoms with Gasteiger partial charge in [0.05, 0.1) is 5.71 Å². The lowest BCUT2D eigenvalue weighted by Crippen LogP contribution is -2.52. The van der Waals surface area contributed by atoms with Gasteiger partial charge in [0.2, 0.25) is 11.8 Å². The summed E-state index contributed by atoms with van der Waals surface area (Å²) in [6.45, 7) is 6.62. The van der Waals surface area contributed by atoms with E-state index in [9.17, 15) is 9.59 Å². The maximum absolute atomic E-state index is 13.0. The second-order valence-electron chi connectivity index (χ2n) is 7.27. The zero-order chi connectivity index (χ0) is 19.4. The third-order valence-corrected chi connectivity index (χ3v) is 5.23. The van der Waals surface area contributed by atoms with Crippen LogP contribution < -0.4 is 5.32 Å². The molecule has 1 fully saturated rings. The van der Waals surface area contributed by atoms with Crippen LogP contribution in [0.5, 0.6) is 0 Å². The molecule has 6 nitrogen and oxygen atoms in total. The van der Waals surface area contributed by atoms with Gasteiger partial charge in [-0.2, -0.15) is 0 Å². The van der Waals surface area contributed by atoms with Crippen LogP contribution in [0.1, 0.15) is 31.7 Å². The summed E-state index contributed by atoms with van der Waals surface area (Å²) in [6.07, 6.45) is 3.37. The van der Waals surface area contributed by atoms with E-state index in [0.717, 1.165) is 17.7 Å². The number of amides is 2. The molecule has 1 aromatic carbocycles. The molecular weight excluding hydrogens is 366 g/mol. The van der Waals surface area contributed by atoms with Crippen molar-refractivity contribution in [2.24, 2.45) is 11.1 Å². The maximum Gasteiger partial charge on any atom is 0.243 e. The van der Waals surface area contributed by atoms with E-state index in [4.69, 9.17) is 16.4 Å². The monoisotopic (exact) mass is 389 g/mol. The lowest BCUT2D eigenvalue weighted by Gasteiger charge is -2.43. The van der Waals surface area contributed by atoms with Crippen molar-refractivity contribution in [3.05, 3.63) is 47.5 Å². The highest BCUT2D eigenvalue weighted by molar-refractivity contribution is 6.30. The Balaban J connectivity index is 1.62. The van der Waals surface area contributed by atoms with Gasteiger partial charge in [-0.05, 0) is 30.7 Å². The van der Waals surface area contributed by atoms with Gasteiger partial charge in [-0.3, -0.25) is 9.59 Å². The molecule has 0 atom stereocenters. The van der Waals surface area contributed by atoms with Crippen LogP contribution in [-0.2, 0) is 21.0 Å². The molecule has 2 aliphatic rings. The van der Waals surface area contributed by atoms with E-state index in [-0.39, 0.29) is 23.3 Å². The molecule has 1 saturated carbocycles. The summed E-state index contributed by atoms with van der Waals surface area (Å²) < 4.78 is 0. The summed E-state index contributed by atoms with van der Waals surface area (Å²) in [5.41, 5.74) is 1.64. The van der Waals surface area contributed by atoms with Gasteiger partial charge in [-0.25, -0.2) is 0 Å². The van der Waals surface area contributed by atoms with Crippen molar-refractivity contribution in [3.8, 4) is 0 Å². The normalized spacial score (nSPS) is 23.2. The molecule has 0 bridgehead atoms. The minimum absolute atomic E-state index is 0.0709. The third kappa shape index (κ3) is 4.69. The van der Waals surface area contributed by atoms with Crippen LogP contribution in [0.15, 0.2) is 42.1 Å². The van der Waals surface area contributed by atoms with Crippen molar-refractivity contribution in [2.75, 3.05) is 13.1 Å². The van der Waals surface area contributed by atoms with Crippen molar-refractivity contribution in [1.29, 1.82) is 0 Å². The molecule has 1 aromatic rings. The Kier molecular flexibility index (Phi) is 5.85. The molecule has 0 radical (unpaired) electrons. The van der Waals surface area contributed by atoms with Crippen LogP contribution in [-0.4, -0.2) is 41.1 Å². The summed E-state index contributed by atoms with van der Waals surface area (Å²) in [5.74, 6) is -0.262. The van der Waals surface area contributed by atoms with Crippen LogP contribution in [0.2, 0.25) is 5.02 Å². The Morgan fingerprint density at radius 1 is 1.48 bits per heavy atom. The quantitative estimate of drug-likeness (QED) is 0.729. The molecule has 2 amide bonds. The van der Waals surface area contributed by atoms with Gasteiger partial charge in [0.25, 0.3) is 0 Å². The van der Waals surface area contributed by atoms with Gasteiger partial charge >= 0.3 is 0 Å². The highest BCUT2D eigenvalue weighted by atomic mass is 35.5. The molecule has 0 saturated heterocycles. The number of hydrogen-bond acceptors (Lipinski definition) is 4. The SMILES string of the molecule is C=CC(=O)NCCN(Cc1cccc(Cl)c1)C(=O)C1CC2(CC(C)=NO2)C1. The number of hydrogen-bond donors (Lipinski definition) is 1. The number of carbonyl (C=O) groups excluding carboxylic acids is 2. The number of carbonyl (C=O) groups is 2. The van der Waals surface area contributed by atoms with E-state index in [2.05, 4.69) is 17.1 Å². The minimum atomic E-state index is -0.289. The molecule has 0 aromatic heterocycles. The second-order valence-corrected chi connectivity index (χ2v) is 7.70. The second kappa shape index (κ2) is 8.13. The first-order chi connectivity index (χ1) is 12.9. The molecule has 1 aliphatic heterocycles. The molecule has 7 heteroatoms. The zero-order valence-electron chi connectivity index (χ0n) is 15.4. The number of nitrogens with one attached hydrogen (secondary N) is 1. The van der Waals surface area contributed by atoms with Crippen molar-refractivity contribution in [3.63, 3.8) is 0 Å². The standard InChI is InChI=1S/C20H24ClN3O3/c1-3-18(25)22-7-8-24(13-15-5-4-6-17(21)9-15)19(26)16-11-20(12-16)10-14(2)23-27-20/h3-6,9,16H,1,7-8,10-13H2,2H3,(H,22,25). The van der Waals surface area contributed by atoms with Crippen molar-refractivity contribution in [2.45, 2.75) is 38.3 Å². The van der Waals surface area contributed by atoms with Gasteiger partial charge in [0.15, 0.2) is 0 Å². The van der Waals surface area contributed by atoms with E-state index in [1.165, 1.54) is 6.08 Å². The first kappa shape index (κ1) is 19.4. The number of halogens is 1. The number of oxime groups is 1. The molecular formula is C20H24ClN3O3. The molecule has 1 spiro atoms. The first-order valence-corrected chi connectivity index (χ1v) is 9.44. The van der Waals surface area contributed by atoms with Gasteiger partial charge in [0, 0.05) is 49.8 Å². The Hall–Kier alpha value is -2.34. The molecule has 1 N–H and O–H groups in total. The number of nitrogens with zero attached hydrogens (tertiary/aromatic N) is 2. The average molecular weight is 390 g/mol. The fourth-order valence-corrected chi connectivity index (χ4v) is 3.92. The Morgan fingerprint density at radius 2 is 2.26 bits per heavy atom. The molecule has 3 rings (SSSR count). The fraction of sp³-hybridized carbons (Fsp3) is 0.450. The minimum Gasteiger partial charge on any atom is -0.389 e. The van der Waals surface area contributed by atoms with Gasteiger partial charge in [-0.15, -0.1) is 0 Å². The third-order valence-electron chi connectivity index (χ3n) is 5.00. The molecule has 144 valence electrons. The van der Waals surface area contributed by atoms with E-state index in [0.29, 0.717) is 37.5 Å². The summed E-state index contributed by atoms with van der Waals surface area (Å²) >= 11 is 6.07. The zero-order valence-corrected chi connectivity index (χ0v) is 16.2. The van der Waals surface area contributed by atoms with E-state index in [1.807, 2.05) is 25.1 Å². The Labute approximate surface area is 164 Å². The van der Waals surface area contributed by atoms with Crippen LogP contribution in [0.25, 0.3) is 0 Å². The maximum atomic E-state index is 13.0. The van der Waals surface area contributed by atoms with Crippen LogP contribution in [0, 0.1) is 5.92 Å². The predicted molar refractivity (Wildman–Crippen MR) is 104 cm³/mol. The van der Waals surface area contributed by atoms with Crippen molar-refractivity contribution in [1.82, 2.24) is 10.2 Å². The molecule has 1 heterocycles. The highest BCUT2D eigenvalue weighted by Gasteiger charge is 2.53. The van der Waals surface area contributed by atoms with E-state index >= 15 is 0 Å². The highest BCUT2D eigenvalue weighted by Crippen LogP contribution is 2.47. The molecule has 1 aliphatic carbocycles. The molecule has 0 unspecified atom stereocenters. The van der Waals surface area contributed by atoms with E-state index < -0.39 is 0 Å². The van der Waals surface area contributed by atoms with Crippen molar-refractivity contribution >= 4 is 29.1 Å². The molecule has 27 heavy (non-hydrogen) atoms. The smallest absolute Gasteiger partial charge is 0.243 e.